The van der Waals surface area contributed by atoms with Gasteiger partial charge in [0.1, 0.15) is 5.78 Å². The van der Waals surface area contributed by atoms with Crippen LogP contribution in [0, 0.1) is 0 Å². The summed E-state index contributed by atoms with van der Waals surface area (Å²) in [5.41, 5.74) is 0.809. The summed E-state index contributed by atoms with van der Waals surface area (Å²) in [6.45, 7) is 1.52. The molecule has 0 aliphatic heterocycles. The van der Waals surface area contributed by atoms with Crippen LogP contribution in [-0.4, -0.2) is 5.78 Å². The number of hydrogen-bond donors (Lipinski definition) is 1. The monoisotopic (exact) mass is 278 g/mol. The van der Waals surface area contributed by atoms with Gasteiger partial charge in [-0.3, -0.25) is 4.79 Å². The first-order chi connectivity index (χ1) is 6.02. The summed E-state index contributed by atoms with van der Waals surface area (Å²) in [6.07, 6.45) is 0. The molecule has 1 atom stereocenters. The molecule has 0 amide bonds. The molecular formula is C9H8BrClOS. The van der Waals surface area contributed by atoms with E-state index in [9.17, 15) is 4.79 Å². The Kier molecular flexibility index (Phi) is 3.83. The van der Waals surface area contributed by atoms with Gasteiger partial charge in [0.2, 0.25) is 0 Å². The fourth-order valence-corrected chi connectivity index (χ4v) is 1.95. The van der Waals surface area contributed by atoms with Crippen LogP contribution < -0.4 is 0 Å². The number of carbonyl (C=O) groups excluding carboxylic acids is 1. The Morgan fingerprint density at radius 3 is 2.77 bits per heavy atom. The highest BCUT2D eigenvalue weighted by Crippen LogP contribution is 2.31. The summed E-state index contributed by atoms with van der Waals surface area (Å²) in [5, 5.41) is 0.610. The summed E-state index contributed by atoms with van der Waals surface area (Å²) >= 11 is 13.3. The molecule has 0 spiro atoms. The first kappa shape index (κ1) is 11.1. The molecule has 1 unspecified atom stereocenters. The second-order valence-electron chi connectivity index (χ2n) is 2.68. The van der Waals surface area contributed by atoms with E-state index < -0.39 is 0 Å². The van der Waals surface area contributed by atoms with Crippen molar-refractivity contribution in [2.75, 3.05) is 0 Å². The van der Waals surface area contributed by atoms with Crippen molar-refractivity contribution in [2.45, 2.75) is 16.6 Å². The number of alkyl halides is 1. The third-order valence-electron chi connectivity index (χ3n) is 1.62. The molecule has 1 aromatic rings. The molecule has 70 valence electrons. The van der Waals surface area contributed by atoms with Gasteiger partial charge in [-0.15, -0.1) is 12.6 Å². The second-order valence-corrected chi connectivity index (χ2v) is 4.51. The van der Waals surface area contributed by atoms with Crippen molar-refractivity contribution in [1.82, 2.24) is 0 Å². The summed E-state index contributed by atoms with van der Waals surface area (Å²) in [5.74, 6) is 0.0394. The van der Waals surface area contributed by atoms with E-state index in [2.05, 4.69) is 28.6 Å². The zero-order valence-corrected chi connectivity index (χ0v) is 10.2. The summed E-state index contributed by atoms with van der Waals surface area (Å²) < 4.78 is 0. The zero-order valence-electron chi connectivity index (χ0n) is 6.92. The Balaban J connectivity index is 3.12. The molecule has 0 heterocycles. The predicted molar refractivity (Wildman–Crippen MR) is 61.1 cm³/mol. The Morgan fingerprint density at radius 1 is 1.62 bits per heavy atom. The summed E-state index contributed by atoms with van der Waals surface area (Å²) in [4.78, 5) is 11.5. The molecule has 0 aliphatic rings. The van der Waals surface area contributed by atoms with Gasteiger partial charge in [0.05, 0.1) is 4.83 Å². The zero-order chi connectivity index (χ0) is 10.0. The van der Waals surface area contributed by atoms with Crippen molar-refractivity contribution in [3.8, 4) is 0 Å². The molecule has 0 aliphatic carbocycles. The van der Waals surface area contributed by atoms with E-state index in [4.69, 9.17) is 11.6 Å². The lowest BCUT2D eigenvalue weighted by Gasteiger charge is -2.09. The van der Waals surface area contributed by atoms with Crippen LogP contribution in [0.3, 0.4) is 0 Å². The highest BCUT2D eigenvalue weighted by atomic mass is 79.9. The van der Waals surface area contributed by atoms with Gasteiger partial charge >= 0.3 is 0 Å². The number of thiol groups is 1. The molecule has 0 radical (unpaired) electrons. The van der Waals surface area contributed by atoms with Crippen molar-refractivity contribution in [1.29, 1.82) is 0 Å². The summed E-state index contributed by atoms with van der Waals surface area (Å²) in [6, 6.07) is 5.26. The fraction of sp³-hybridized carbons (Fsp3) is 0.222. The molecule has 0 fully saturated rings. The number of ketones is 1. The van der Waals surface area contributed by atoms with E-state index in [0.717, 1.165) is 10.5 Å². The van der Waals surface area contributed by atoms with Gasteiger partial charge in [-0.2, -0.15) is 0 Å². The van der Waals surface area contributed by atoms with Crippen molar-refractivity contribution >= 4 is 45.9 Å². The normalized spacial score (nSPS) is 12.6. The molecule has 0 N–H and O–H groups in total. The van der Waals surface area contributed by atoms with Gasteiger partial charge in [0.25, 0.3) is 0 Å². The minimum absolute atomic E-state index is 0.0394. The summed E-state index contributed by atoms with van der Waals surface area (Å²) in [7, 11) is 0. The minimum Gasteiger partial charge on any atom is -0.298 e. The third kappa shape index (κ3) is 2.73. The van der Waals surface area contributed by atoms with Crippen molar-refractivity contribution in [3.63, 3.8) is 0 Å². The van der Waals surface area contributed by atoms with Crippen molar-refractivity contribution in [2.24, 2.45) is 0 Å². The number of hydrogen-bond acceptors (Lipinski definition) is 2. The number of rotatable bonds is 2. The molecule has 1 rings (SSSR count). The van der Waals surface area contributed by atoms with Gasteiger partial charge in [0.15, 0.2) is 0 Å². The highest BCUT2D eigenvalue weighted by Gasteiger charge is 2.15. The van der Waals surface area contributed by atoms with E-state index in [1.165, 1.54) is 6.92 Å². The Bertz CT molecular complexity index is 340. The van der Waals surface area contributed by atoms with Crippen LogP contribution in [0.4, 0.5) is 0 Å². The van der Waals surface area contributed by atoms with Crippen LogP contribution in [-0.2, 0) is 4.79 Å². The minimum atomic E-state index is -0.321. The van der Waals surface area contributed by atoms with E-state index in [1.54, 1.807) is 18.2 Å². The molecule has 4 heteroatoms. The smallest absolute Gasteiger partial charge is 0.147 e. The maximum absolute atomic E-state index is 11.1. The molecule has 0 saturated heterocycles. The maximum Gasteiger partial charge on any atom is 0.147 e. The standard InChI is InChI=1S/C9H8BrClOS/c1-5(12)9(10)7-4-6(11)2-3-8(7)13/h2-4,9,13H,1H3. The quantitative estimate of drug-likeness (QED) is 0.646. The lowest BCUT2D eigenvalue weighted by molar-refractivity contribution is -0.116. The average molecular weight is 280 g/mol. The molecule has 0 saturated carbocycles. The first-order valence-electron chi connectivity index (χ1n) is 3.65. The first-order valence-corrected chi connectivity index (χ1v) is 5.39. The van der Waals surface area contributed by atoms with Gasteiger partial charge in [0, 0.05) is 9.92 Å². The van der Waals surface area contributed by atoms with Gasteiger partial charge in [-0.25, -0.2) is 0 Å². The number of Topliss-reactive ketones (excluding diaryl/α,β-unsaturated/α-hetero) is 1. The molecule has 0 bridgehead atoms. The van der Waals surface area contributed by atoms with Crippen LogP contribution in [0.25, 0.3) is 0 Å². The lowest BCUT2D eigenvalue weighted by atomic mass is 10.1. The fourth-order valence-electron chi connectivity index (χ4n) is 0.947. The largest absolute Gasteiger partial charge is 0.298 e. The predicted octanol–water partition coefficient (Wildman–Crippen LogP) is 3.65. The molecule has 0 aromatic heterocycles. The Morgan fingerprint density at radius 2 is 2.23 bits per heavy atom. The number of benzene rings is 1. The van der Waals surface area contributed by atoms with Crippen LogP contribution >= 0.6 is 40.2 Å². The Hall–Kier alpha value is 0.01000. The highest BCUT2D eigenvalue weighted by molar-refractivity contribution is 9.09. The van der Waals surface area contributed by atoms with Crippen molar-refractivity contribution < 1.29 is 4.79 Å². The molecule has 13 heavy (non-hydrogen) atoms. The van der Waals surface area contributed by atoms with E-state index in [1.807, 2.05) is 0 Å². The van der Waals surface area contributed by atoms with E-state index >= 15 is 0 Å². The van der Waals surface area contributed by atoms with Crippen LogP contribution in [0.1, 0.15) is 17.3 Å². The van der Waals surface area contributed by atoms with E-state index in [0.29, 0.717) is 5.02 Å². The molecular weight excluding hydrogens is 272 g/mol. The van der Waals surface area contributed by atoms with Crippen molar-refractivity contribution in [3.05, 3.63) is 28.8 Å². The Labute approximate surface area is 96.0 Å². The second kappa shape index (κ2) is 4.49. The van der Waals surface area contributed by atoms with Crippen LogP contribution in [0.5, 0.6) is 0 Å². The van der Waals surface area contributed by atoms with Gasteiger partial charge < -0.3 is 0 Å². The van der Waals surface area contributed by atoms with Crippen LogP contribution in [0.15, 0.2) is 23.1 Å². The van der Waals surface area contributed by atoms with Gasteiger partial charge in [-0.05, 0) is 30.7 Å². The van der Waals surface area contributed by atoms with E-state index in [-0.39, 0.29) is 10.6 Å². The van der Waals surface area contributed by atoms with Gasteiger partial charge in [-0.1, -0.05) is 27.5 Å². The molecule has 1 aromatic carbocycles. The number of halogens is 2. The molecule has 1 nitrogen and oxygen atoms in total. The average Bonchev–Trinajstić information content (AvgIpc) is 2.08. The number of carbonyl (C=O) groups is 1. The third-order valence-corrected chi connectivity index (χ3v) is 3.40. The van der Waals surface area contributed by atoms with Crippen LogP contribution in [0.2, 0.25) is 5.02 Å². The lowest BCUT2D eigenvalue weighted by Crippen LogP contribution is -2.01. The SMILES string of the molecule is CC(=O)C(Br)c1cc(Cl)ccc1S. The maximum atomic E-state index is 11.1. The topological polar surface area (TPSA) is 17.1 Å².